The number of rotatable bonds is 5. The van der Waals surface area contributed by atoms with Gasteiger partial charge in [0.25, 0.3) is 11.6 Å². The zero-order chi connectivity index (χ0) is 17.8. The number of nitrogens with one attached hydrogen (secondary N) is 1. The minimum absolute atomic E-state index is 0.0207. The number of nitro groups is 1. The van der Waals surface area contributed by atoms with Crippen molar-refractivity contribution in [2.75, 3.05) is 6.79 Å². The number of nitro benzene ring substituents is 1. The summed E-state index contributed by atoms with van der Waals surface area (Å²) in [5, 5.41) is 24.7. The Kier molecular flexibility index (Phi) is 4.57. The smallest absolute Gasteiger partial charge is 0.282 e. The number of aliphatic hydroxyl groups is 1. The molecular formula is C16H13N3O6. The van der Waals surface area contributed by atoms with E-state index in [1.54, 1.807) is 30.3 Å². The molecule has 1 unspecified atom stereocenters. The lowest BCUT2D eigenvalue weighted by Crippen LogP contribution is -2.25. The summed E-state index contributed by atoms with van der Waals surface area (Å²) < 4.78 is 10.3. The van der Waals surface area contributed by atoms with Crippen molar-refractivity contribution in [2.24, 2.45) is 5.10 Å². The fourth-order valence-corrected chi connectivity index (χ4v) is 2.22. The van der Waals surface area contributed by atoms with Crippen LogP contribution in [0, 0.1) is 10.1 Å². The molecule has 0 fully saturated rings. The highest BCUT2D eigenvalue weighted by atomic mass is 16.7. The van der Waals surface area contributed by atoms with Gasteiger partial charge in [0.15, 0.2) is 17.6 Å². The van der Waals surface area contributed by atoms with Crippen LogP contribution < -0.4 is 14.9 Å². The van der Waals surface area contributed by atoms with Gasteiger partial charge >= 0.3 is 0 Å². The average Bonchev–Trinajstić information content (AvgIpc) is 3.08. The van der Waals surface area contributed by atoms with Crippen LogP contribution in [0.1, 0.15) is 17.2 Å². The number of benzene rings is 2. The topological polar surface area (TPSA) is 123 Å². The zero-order valence-electron chi connectivity index (χ0n) is 12.8. The number of hydrogen-bond acceptors (Lipinski definition) is 7. The first kappa shape index (κ1) is 16.4. The molecule has 1 heterocycles. The molecular weight excluding hydrogens is 330 g/mol. The second-order valence-electron chi connectivity index (χ2n) is 5.07. The summed E-state index contributed by atoms with van der Waals surface area (Å²) in [5.41, 5.74) is 2.44. The Labute approximate surface area is 141 Å². The van der Waals surface area contributed by atoms with E-state index in [4.69, 9.17) is 9.47 Å². The van der Waals surface area contributed by atoms with Crippen molar-refractivity contribution in [1.29, 1.82) is 0 Å². The molecule has 2 aromatic carbocycles. The molecule has 2 N–H and O–H groups in total. The number of carbonyl (C=O) groups excluding carboxylic acids is 1. The van der Waals surface area contributed by atoms with Gasteiger partial charge in [-0.1, -0.05) is 30.3 Å². The third-order valence-electron chi connectivity index (χ3n) is 3.46. The summed E-state index contributed by atoms with van der Waals surface area (Å²) in [5.74, 6) is -0.138. The number of ether oxygens (including phenoxy) is 2. The van der Waals surface area contributed by atoms with E-state index in [1.165, 1.54) is 12.1 Å². The van der Waals surface area contributed by atoms with E-state index < -0.39 is 16.9 Å². The van der Waals surface area contributed by atoms with Gasteiger partial charge in [-0.2, -0.15) is 5.10 Å². The maximum atomic E-state index is 11.9. The Morgan fingerprint density at radius 1 is 1.28 bits per heavy atom. The second-order valence-corrected chi connectivity index (χ2v) is 5.07. The van der Waals surface area contributed by atoms with E-state index in [0.717, 1.165) is 6.21 Å². The van der Waals surface area contributed by atoms with Crippen molar-refractivity contribution >= 4 is 17.8 Å². The molecule has 0 bridgehead atoms. The summed E-state index contributed by atoms with van der Waals surface area (Å²) in [6, 6.07) is 10.9. The maximum absolute atomic E-state index is 11.9. The van der Waals surface area contributed by atoms with Gasteiger partial charge in [-0.3, -0.25) is 14.9 Å². The molecule has 1 atom stereocenters. The molecule has 3 rings (SSSR count). The lowest BCUT2D eigenvalue weighted by Gasteiger charge is -2.08. The minimum atomic E-state index is -1.40. The monoisotopic (exact) mass is 343 g/mol. The van der Waals surface area contributed by atoms with Crippen molar-refractivity contribution in [3.63, 3.8) is 0 Å². The molecule has 25 heavy (non-hydrogen) atoms. The number of fused-ring (bicyclic) bond motifs is 1. The minimum Gasteiger partial charge on any atom is -0.454 e. The lowest BCUT2D eigenvalue weighted by atomic mass is 10.1. The van der Waals surface area contributed by atoms with Crippen LogP contribution in [0.25, 0.3) is 0 Å². The highest BCUT2D eigenvalue weighted by Gasteiger charge is 2.22. The second kappa shape index (κ2) is 6.97. The molecule has 9 heteroatoms. The maximum Gasteiger partial charge on any atom is 0.282 e. The normalized spacial score (nSPS) is 13.6. The Morgan fingerprint density at radius 2 is 1.96 bits per heavy atom. The largest absolute Gasteiger partial charge is 0.454 e. The fraction of sp³-hybridized carbons (Fsp3) is 0.125. The third kappa shape index (κ3) is 3.56. The van der Waals surface area contributed by atoms with Gasteiger partial charge < -0.3 is 14.6 Å². The van der Waals surface area contributed by atoms with Crippen molar-refractivity contribution < 1.29 is 24.3 Å². The number of hydrazone groups is 1. The first-order valence-corrected chi connectivity index (χ1v) is 7.20. The molecule has 0 saturated heterocycles. The molecule has 9 nitrogen and oxygen atoms in total. The van der Waals surface area contributed by atoms with E-state index in [1.807, 2.05) is 0 Å². The van der Waals surface area contributed by atoms with Gasteiger partial charge in [-0.05, 0) is 11.6 Å². The first-order chi connectivity index (χ1) is 12.1. The number of amides is 1. The summed E-state index contributed by atoms with van der Waals surface area (Å²) in [4.78, 5) is 22.4. The van der Waals surface area contributed by atoms with Crippen LogP contribution >= 0.6 is 0 Å². The Balaban J connectivity index is 1.74. The number of carbonyl (C=O) groups is 1. The predicted molar refractivity (Wildman–Crippen MR) is 86.4 cm³/mol. The molecule has 0 spiro atoms. The Hall–Kier alpha value is -3.46. The lowest BCUT2D eigenvalue weighted by molar-refractivity contribution is -0.385. The summed E-state index contributed by atoms with van der Waals surface area (Å²) in [7, 11) is 0. The van der Waals surface area contributed by atoms with E-state index in [0.29, 0.717) is 11.3 Å². The van der Waals surface area contributed by atoms with Crippen LogP contribution in [0.3, 0.4) is 0 Å². The zero-order valence-corrected chi connectivity index (χ0v) is 12.8. The fourth-order valence-electron chi connectivity index (χ4n) is 2.22. The van der Waals surface area contributed by atoms with E-state index in [2.05, 4.69) is 10.5 Å². The molecule has 1 aliphatic heterocycles. The van der Waals surface area contributed by atoms with Crippen molar-refractivity contribution in [2.45, 2.75) is 6.10 Å². The molecule has 1 amide bonds. The van der Waals surface area contributed by atoms with Crippen LogP contribution in [0.5, 0.6) is 11.5 Å². The summed E-state index contributed by atoms with van der Waals surface area (Å²) in [6.07, 6.45) is -0.291. The van der Waals surface area contributed by atoms with E-state index in [-0.39, 0.29) is 23.8 Å². The van der Waals surface area contributed by atoms with Gasteiger partial charge in [0.1, 0.15) is 0 Å². The van der Waals surface area contributed by atoms with E-state index in [9.17, 15) is 20.0 Å². The molecule has 1 aliphatic rings. The number of aliphatic hydroxyl groups excluding tert-OH is 1. The van der Waals surface area contributed by atoms with Gasteiger partial charge in [0.05, 0.1) is 22.8 Å². The van der Waals surface area contributed by atoms with Crippen LogP contribution in [0.4, 0.5) is 5.69 Å². The summed E-state index contributed by atoms with van der Waals surface area (Å²) >= 11 is 0. The van der Waals surface area contributed by atoms with Gasteiger partial charge in [0.2, 0.25) is 6.79 Å². The SMILES string of the molecule is O=C(NN=Cc1cc2c(cc1[N+](=O)[O-])OCO2)C(O)c1ccccc1. The highest BCUT2D eigenvalue weighted by Crippen LogP contribution is 2.37. The van der Waals surface area contributed by atoms with Crippen LogP contribution in [0.15, 0.2) is 47.6 Å². The summed E-state index contributed by atoms with van der Waals surface area (Å²) in [6.45, 7) is -0.0207. The van der Waals surface area contributed by atoms with Crippen LogP contribution in [-0.2, 0) is 4.79 Å². The van der Waals surface area contributed by atoms with Crippen molar-refractivity contribution in [3.05, 3.63) is 63.7 Å². The molecule has 2 aromatic rings. The van der Waals surface area contributed by atoms with Gasteiger partial charge in [0, 0.05) is 0 Å². The molecule has 0 aliphatic carbocycles. The van der Waals surface area contributed by atoms with Gasteiger partial charge in [-0.25, -0.2) is 5.43 Å². The number of nitrogens with zero attached hydrogens (tertiary/aromatic N) is 2. The first-order valence-electron chi connectivity index (χ1n) is 7.20. The molecule has 0 radical (unpaired) electrons. The van der Waals surface area contributed by atoms with Crippen LogP contribution in [0.2, 0.25) is 0 Å². The van der Waals surface area contributed by atoms with E-state index >= 15 is 0 Å². The third-order valence-corrected chi connectivity index (χ3v) is 3.46. The predicted octanol–water partition coefficient (Wildman–Crippen LogP) is 1.51. The Morgan fingerprint density at radius 3 is 2.64 bits per heavy atom. The van der Waals surface area contributed by atoms with Gasteiger partial charge in [-0.15, -0.1) is 0 Å². The molecule has 128 valence electrons. The quantitative estimate of drug-likeness (QED) is 0.482. The Bertz CT molecular complexity index is 837. The van der Waals surface area contributed by atoms with Crippen molar-refractivity contribution in [1.82, 2.24) is 5.43 Å². The molecule has 0 saturated carbocycles. The highest BCUT2D eigenvalue weighted by molar-refractivity contribution is 5.89. The molecule has 0 aromatic heterocycles. The average molecular weight is 343 g/mol. The van der Waals surface area contributed by atoms with Crippen LogP contribution in [-0.4, -0.2) is 28.9 Å². The van der Waals surface area contributed by atoms with Crippen molar-refractivity contribution in [3.8, 4) is 11.5 Å². The number of hydrogen-bond donors (Lipinski definition) is 2. The standard InChI is InChI=1S/C16H13N3O6/c20-15(10-4-2-1-3-5-10)16(21)18-17-8-11-6-13-14(25-9-24-13)7-12(11)19(22)23/h1-8,15,20H,9H2,(H,18,21).